The molecule has 0 aliphatic carbocycles. The van der Waals surface area contributed by atoms with E-state index in [2.05, 4.69) is 37.1 Å². The van der Waals surface area contributed by atoms with Crippen molar-refractivity contribution in [3.63, 3.8) is 0 Å². The smallest absolute Gasteiger partial charge is 0.406 e. The summed E-state index contributed by atoms with van der Waals surface area (Å²) in [7, 11) is 0. The number of aryl methyl sites for hydroxylation is 1. The van der Waals surface area contributed by atoms with E-state index in [0.717, 1.165) is 11.1 Å². The Morgan fingerprint density at radius 3 is 2.74 bits per heavy atom. The molecule has 3 rings (SSSR count). The standard InChI is InChI=1S/C20H16F3N5O2S/c21-20(22,23)30-15-6-3-5-14(10-15)11-17(29)26-16-9-8-13(12-25-16)4-1-2-7-18-27-28-19(24)31-18/h3,5-6,8-10,12H,2,7,11H2,(H2,24,28)(H,25,26,29). The molecule has 7 nitrogen and oxygen atoms in total. The Morgan fingerprint density at radius 2 is 2.06 bits per heavy atom. The quantitative estimate of drug-likeness (QED) is 0.560. The lowest BCUT2D eigenvalue weighted by atomic mass is 10.1. The minimum Gasteiger partial charge on any atom is -0.406 e. The Kier molecular flexibility index (Phi) is 7.04. The Balaban J connectivity index is 1.50. The maximum atomic E-state index is 12.3. The van der Waals surface area contributed by atoms with Crippen LogP contribution in [0.25, 0.3) is 0 Å². The number of carbonyl (C=O) groups excluding carboxylic acids is 1. The number of halogens is 3. The van der Waals surface area contributed by atoms with Crippen LogP contribution in [-0.4, -0.2) is 27.5 Å². The van der Waals surface area contributed by atoms with E-state index in [1.54, 1.807) is 12.1 Å². The van der Waals surface area contributed by atoms with Gasteiger partial charge in [0.1, 0.15) is 16.6 Å². The Morgan fingerprint density at radius 1 is 1.23 bits per heavy atom. The van der Waals surface area contributed by atoms with Gasteiger partial charge in [-0.1, -0.05) is 35.3 Å². The van der Waals surface area contributed by atoms with Crippen molar-refractivity contribution in [3.05, 3.63) is 58.7 Å². The van der Waals surface area contributed by atoms with E-state index in [1.807, 2.05) is 0 Å². The summed E-state index contributed by atoms with van der Waals surface area (Å²) in [6.07, 6.45) is -2.16. The lowest BCUT2D eigenvalue weighted by Crippen LogP contribution is -2.18. The van der Waals surface area contributed by atoms with E-state index in [4.69, 9.17) is 5.73 Å². The second-order valence-corrected chi connectivity index (χ2v) is 7.28. The molecule has 11 heteroatoms. The number of carbonyl (C=O) groups is 1. The molecule has 3 N–H and O–H groups in total. The van der Waals surface area contributed by atoms with Crippen molar-refractivity contribution in [3.8, 4) is 17.6 Å². The van der Waals surface area contributed by atoms with Crippen LogP contribution in [0.5, 0.6) is 5.75 Å². The van der Waals surface area contributed by atoms with Gasteiger partial charge < -0.3 is 15.8 Å². The van der Waals surface area contributed by atoms with Crippen LogP contribution in [0, 0.1) is 11.8 Å². The van der Waals surface area contributed by atoms with Crippen molar-refractivity contribution in [2.24, 2.45) is 0 Å². The van der Waals surface area contributed by atoms with E-state index >= 15 is 0 Å². The number of aromatic nitrogens is 3. The van der Waals surface area contributed by atoms with Crippen LogP contribution in [0.2, 0.25) is 0 Å². The number of hydrogen-bond donors (Lipinski definition) is 2. The van der Waals surface area contributed by atoms with Crippen LogP contribution in [0.4, 0.5) is 24.1 Å². The maximum Gasteiger partial charge on any atom is 0.573 e. The first kappa shape index (κ1) is 22.0. The molecule has 0 radical (unpaired) electrons. The van der Waals surface area contributed by atoms with Gasteiger partial charge in [-0.2, -0.15) is 0 Å². The van der Waals surface area contributed by atoms with E-state index in [1.165, 1.54) is 35.7 Å². The first-order chi connectivity index (χ1) is 14.8. The Labute approximate surface area is 179 Å². The number of rotatable bonds is 6. The molecular formula is C20H16F3N5O2S. The predicted molar refractivity (Wildman–Crippen MR) is 109 cm³/mol. The topological polar surface area (TPSA) is 103 Å². The molecule has 2 heterocycles. The van der Waals surface area contributed by atoms with Crippen molar-refractivity contribution < 1.29 is 22.7 Å². The zero-order valence-corrected chi connectivity index (χ0v) is 16.8. The normalized spacial score (nSPS) is 10.8. The first-order valence-electron chi connectivity index (χ1n) is 8.94. The van der Waals surface area contributed by atoms with E-state index in [9.17, 15) is 18.0 Å². The highest BCUT2D eigenvalue weighted by molar-refractivity contribution is 7.15. The van der Waals surface area contributed by atoms with Crippen molar-refractivity contribution in [1.29, 1.82) is 0 Å². The van der Waals surface area contributed by atoms with E-state index in [-0.39, 0.29) is 12.2 Å². The zero-order chi connectivity index (χ0) is 22.3. The van der Waals surface area contributed by atoms with Crippen molar-refractivity contribution in [1.82, 2.24) is 15.2 Å². The van der Waals surface area contributed by atoms with Crippen molar-refractivity contribution in [2.75, 3.05) is 11.1 Å². The fourth-order valence-corrected chi connectivity index (χ4v) is 3.08. The van der Waals surface area contributed by atoms with Crippen LogP contribution in [0.1, 0.15) is 22.6 Å². The number of pyridine rings is 1. The molecule has 0 saturated carbocycles. The summed E-state index contributed by atoms with van der Waals surface area (Å²) in [5.41, 5.74) is 6.57. The van der Waals surface area contributed by atoms with Gasteiger partial charge in [-0.3, -0.25) is 4.79 Å². The number of hydrogen-bond acceptors (Lipinski definition) is 7. The van der Waals surface area contributed by atoms with E-state index in [0.29, 0.717) is 34.9 Å². The minimum absolute atomic E-state index is 0.131. The van der Waals surface area contributed by atoms with Crippen LogP contribution >= 0.6 is 11.3 Å². The first-order valence-corrected chi connectivity index (χ1v) is 9.76. The van der Waals surface area contributed by atoms with Gasteiger partial charge in [-0.05, 0) is 29.8 Å². The number of anilines is 2. The van der Waals surface area contributed by atoms with Gasteiger partial charge in [0.15, 0.2) is 0 Å². The van der Waals surface area contributed by atoms with Crippen LogP contribution in [0.15, 0.2) is 42.6 Å². The molecule has 1 amide bonds. The Bertz CT molecular complexity index is 1100. The van der Waals surface area contributed by atoms with Gasteiger partial charge >= 0.3 is 6.36 Å². The van der Waals surface area contributed by atoms with Gasteiger partial charge in [0.05, 0.1) is 6.42 Å². The number of nitrogen functional groups attached to an aromatic ring is 1. The largest absolute Gasteiger partial charge is 0.573 e. The van der Waals surface area contributed by atoms with Crippen LogP contribution in [-0.2, 0) is 17.6 Å². The van der Waals surface area contributed by atoms with Crippen LogP contribution < -0.4 is 15.8 Å². The molecule has 0 saturated heterocycles. The average Bonchev–Trinajstić information content (AvgIpc) is 3.10. The lowest BCUT2D eigenvalue weighted by Gasteiger charge is -2.10. The number of nitrogens with one attached hydrogen (secondary N) is 1. The van der Waals surface area contributed by atoms with Gasteiger partial charge in [0, 0.05) is 24.6 Å². The summed E-state index contributed by atoms with van der Waals surface area (Å²) in [4.78, 5) is 16.3. The SMILES string of the molecule is Nc1nnc(CCC#Cc2ccc(NC(=O)Cc3cccc(OC(F)(F)F)c3)nc2)s1. The molecule has 31 heavy (non-hydrogen) atoms. The summed E-state index contributed by atoms with van der Waals surface area (Å²) in [6.45, 7) is 0. The zero-order valence-electron chi connectivity index (χ0n) is 15.9. The van der Waals surface area contributed by atoms with Gasteiger partial charge in [0.2, 0.25) is 11.0 Å². The molecule has 0 fully saturated rings. The van der Waals surface area contributed by atoms with Crippen LogP contribution in [0.3, 0.4) is 0 Å². The third kappa shape index (κ3) is 7.60. The summed E-state index contributed by atoms with van der Waals surface area (Å²) >= 11 is 1.32. The molecular weight excluding hydrogens is 431 g/mol. The minimum atomic E-state index is -4.79. The van der Waals surface area contributed by atoms with Gasteiger partial charge in [0.25, 0.3) is 0 Å². The second-order valence-electron chi connectivity index (χ2n) is 6.19. The highest BCUT2D eigenvalue weighted by atomic mass is 32.1. The second kappa shape index (κ2) is 9.90. The predicted octanol–water partition coefficient (Wildman–Crippen LogP) is 3.58. The summed E-state index contributed by atoms with van der Waals surface area (Å²) < 4.78 is 40.8. The summed E-state index contributed by atoms with van der Waals surface area (Å²) in [5.74, 6) is 5.47. The molecule has 0 bridgehead atoms. The van der Waals surface area contributed by atoms with Crippen molar-refractivity contribution in [2.45, 2.75) is 25.6 Å². The number of nitrogens with zero attached hydrogens (tertiary/aromatic N) is 3. The fraction of sp³-hybridized carbons (Fsp3) is 0.200. The third-order valence-electron chi connectivity index (χ3n) is 3.71. The average molecular weight is 447 g/mol. The lowest BCUT2D eigenvalue weighted by molar-refractivity contribution is -0.274. The molecule has 160 valence electrons. The number of benzene rings is 1. The fourth-order valence-electron chi connectivity index (χ4n) is 2.47. The molecule has 0 unspecified atom stereocenters. The monoisotopic (exact) mass is 447 g/mol. The highest BCUT2D eigenvalue weighted by Gasteiger charge is 2.31. The summed E-state index contributed by atoms with van der Waals surface area (Å²) in [5, 5.41) is 11.5. The Hall–Kier alpha value is -3.65. The molecule has 0 spiro atoms. The van der Waals surface area contributed by atoms with E-state index < -0.39 is 12.3 Å². The number of alkyl halides is 3. The number of ether oxygens (including phenoxy) is 1. The number of amides is 1. The third-order valence-corrected chi connectivity index (χ3v) is 4.52. The molecule has 0 aliphatic rings. The number of nitrogens with two attached hydrogens (primary N) is 1. The molecule has 2 aromatic heterocycles. The maximum absolute atomic E-state index is 12.3. The molecule has 0 atom stereocenters. The summed E-state index contributed by atoms with van der Waals surface area (Å²) in [6, 6.07) is 8.54. The van der Waals surface area contributed by atoms with Crippen molar-refractivity contribution >= 4 is 28.2 Å². The molecule has 0 aliphatic heterocycles. The highest BCUT2D eigenvalue weighted by Crippen LogP contribution is 2.23. The molecule has 1 aromatic carbocycles. The molecule has 3 aromatic rings. The van der Waals surface area contributed by atoms with Gasteiger partial charge in [-0.25, -0.2) is 4.98 Å². The van der Waals surface area contributed by atoms with Gasteiger partial charge in [-0.15, -0.1) is 23.4 Å².